The zero-order valence-corrected chi connectivity index (χ0v) is 11.6. The van der Waals surface area contributed by atoms with E-state index in [1.807, 2.05) is 0 Å². The van der Waals surface area contributed by atoms with Gasteiger partial charge in [0.2, 0.25) is 0 Å². The summed E-state index contributed by atoms with van der Waals surface area (Å²) < 4.78 is 26.8. The van der Waals surface area contributed by atoms with Gasteiger partial charge in [-0.05, 0) is 24.6 Å². The molecule has 0 aliphatic rings. The predicted octanol–water partition coefficient (Wildman–Crippen LogP) is 2.43. The Morgan fingerprint density at radius 1 is 1.19 bits per heavy atom. The van der Waals surface area contributed by atoms with E-state index in [1.54, 1.807) is 14.0 Å². The Morgan fingerprint density at radius 2 is 1.81 bits per heavy atom. The number of carbonyl (C=O) groups is 1. The average molecular weight is 292 g/mol. The number of aromatic nitrogens is 1. The van der Waals surface area contributed by atoms with Crippen molar-refractivity contribution in [2.75, 3.05) is 7.05 Å². The molecule has 0 bridgehead atoms. The number of pyridine rings is 1. The lowest BCUT2D eigenvalue weighted by molar-refractivity contribution is -0.605. The lowest BCUT2D eigenvalue weighted by Gasteiger charge is -2.25. The number of hydrogen-bond donors (Lipinski definition) is 0. The smallest absolute Gasteiger partial charge is 0.254 e. The van der Waals surface area contributed by atoms with E-state index in [0.29, 0.717) is 15.9 Å². The van der Waals surface area contributed by atoms with Gasteiger partial charge in [-0.1, -0.05) is 6.07 Å². The summed E-state index contributed by atoms with van der Waals surface area (Å²) in [5, 5.41) is 11.0. The minimum absolute atomic E-state index is 0.312. The third kappa shape index (κ3) is 3.16. The van der Waals surface area contributed by atoms with Crippen molar-refractivity contribution in [2.24, 2.45) is 0 Å². The highest BCUT2D eigenvalue weighted by molar-refractivity contribution is 5.94. The second kappa shape index (κ2) is 5.87. The number of benzene rings is 1. The maximum Gasteiger partial charge on any atom is 0.254 e. The van der Waals surface area contributed by atoms with E-state index < -0.39 is 17.7 Å². The number of rotatable bonds is 3. The minimum Gasteiger partial charge on any atom is -0.619 e. The standard InChI is InChI=1S/C15H14F2N2O2/c1-10(12-3-4-13(16)14(17)9-12)18(2)15(20)11-5-7-19(21)8-6-11/h3-10H,1-2H3. The summed E-state index contributed by atoms with van der Waals surface area (Å²) in [5.41, 5.74) is 0.832. The third-order valence-corrected chi connectivity index (χ3v) is 3.38. The second-order valence-corrected chi connectivity index (χ2v) is 4.71. The summed E-state index contributed by atoms with van der Waals surface area (Å²) in [5.74, 6) is -2.19. The van der Waals surface area contributed by atoms with Gasteiger partial charge in [-0.25, -0.2) is 8.78 Å². The van der Waals surface area contributed by atoms with Gasteiger partial charge in [0, 0.05) is 19.2 Å². The van der Waals surface area contributed by atoms with Crippen molar-refractivity contribution in [1.82, 2.24) is 4.90 Å². The first-order chi connectivity index (χ1) is 9.90. The molecule has 0 N–H and O–H groups in total. The summed E-state index contributed by atoms with van der Waals surface area (Å²) >= 11 is 0. The zero-order valence-electron chi connectivity index (χ0n) is 11.6. The van der Waals surface area contributed by atoms with Crippen LogP contribution < -0.4 is 4.73 Å². The first kappa shape index (κ1) is 14.9. The fourth-order valence-corrected chi connectivity index (χ4v) is 1.93. The van der Waals surface area contributed by atoms with E-state index in [2.05, 4.69) is 0 Å². The molecule has 0 aliphatic heterocycles. The molecule has 110 valence electrons. The van der Waals surface area contributed by atoms with E-state index in [1.165, 1.54) is 35.5 Å². The first-order valence-electron chi connectivity index (χ1n) is 6.31. The van der Waals surface area contributed by atoms with Crippen molar-refractivity contribution in [2.45, 2.75) is 13.0 Å². The van der Waals surface area contributed by atoms with Gasteiger partial charge in [-0.2, -0.15) is 4.73 Å². The van der Waals surface area contributed by atoms with Crippen LogP contribution in [0.5, 0.6) is 0 Å². The summed E-state index contributed by atoms with van der Waals surface area (Å²) in [4.78, 5) is 13.7. The van der Waals surface area contributed by atoms with Crippen molar-refractivity contribution < 1.29 is 18.3 Å². The number of nitrogens with zero attached hydrogens (tertiary/aromatic N) is 2. The molecule has 1 heterocycles. The van der Waals surface area contributed by atoms with Gasteiger partial charge in [0.05, 0.1) is 11.6 Å². The first-order valence-corrected chi connectivity index (χ1v) is 6.31. The number of amides is 1. The van der Waals surface area contributed by atoms with E-state index in [0.717, 1.165) is 12.1 Å². The Bertz CT molecular complexity index is 659. The molecular formula is C15H14F2N2O2. The van der Waals surface area contributed by atoms with Crippen LogP contribution in [0.1, 0.15) is 28.9 Å². The van der Waals surface area contributed by atoms with Crippen LogP contribution >= 0.6 is 0 Å². The van der Waals surface area contributed by atoms with Crippen LogP contribution in [0.2, 0.25) is 0 Å². The molecule has 0 spiro atoms. The Kier molecular flexibility index (Phi) is 4.16. The number of halogens is 2. The Morgan fingerprint density at radius 3 is 2.38 bits per heavy atom. The molecule has 1 amide bonds. The van der Waals surface area contributed by atoms with Gasteiger partial charge in [-0.15, -0.1) is 0 Å². The van der Waals surface area contributed by atoms with Crippen molar-refractivity contribution in [3.05, 3.63) is 70.7 Å². The highest BCUT2D eigenvalue weighted by Crippen LogP contribution is 2.22. The molecule has 2 rings (SSSR count). The third-order valence-electron chi connectivity index (χ3n) is 3.38. The summed E-state index contributed by atoms with van der Waals surface area (Å²) in [6, 6.07) is 5.91. The molecule has 1 aromatic carbocycles. The molecule has 4 nitrogen and oxygen atoms in total. The van der Waals surface area contributed by atoms with Crippen molar-refractivity contribution in [1.29, 1.82) is 0 Å². The molecule has 0 radical (unpaired) electrons. The monoisotopic (exact) mass is 292 g/mol. The summed E-state index contributed by atoms with van der Waals surface area (Å²) in [7, 11) is 1.56. The van der Waals surface area contributed by atoms with Crippen LogP contribution in [0.15, 0.2) is 42.7 Å². The normalized spacial score (nSPS) is 12.0. The van der Waals surface area contributed by atoms with Gasteiger partial charge in [0.15, 0.2) is 24.0 Å². The molecule has 21 heavy (non-hydrogen) atoms. The quantitative estimate of drug-likeness (QED) is 0.644. The van der Waals surface area contributed by atoms with Crippen LogP contribution in [-0.4, -0.2) is 17.9 Å². The Labute approximate surface area is 120 Å². The van der Waals surface area contributed by atoms with Crippen LogP contribution in [0, 0.1) is 16.8 Å². The summed E-state index contributed by atoms with van der Waals surface area (Å²) in [6.07, 6.45) is 2.45. The second-order valence-electron chi connectivity index (χ2n) is 4.71. The van der Waals surface area contributed by atoms with Gasteiger partial charge in [-0.3, -0.25) is 4.79 Å². The lowest BCUT2D eigenvalue weighted by atomic mass is 10.1. The van der Waals surface area contributed by atoms with E-state index in [4.69, 9.17) is 0 Å². The van der Waals surface area contributed by atoms with E-state index in [9.17, 15) is 18.8 Å². The molecule has 0 fully saturated rings. The largest absolute Gasteiger partial charge is 0.619 e. The molecule has 1 atom stereocenters. The predicted molar refractivity (Wildman–Crippen MR) is 72.3 cm³/mol. The molecule has 2 aromatic rings. The van der Waals surface area contributed by atoms with Gasteiger partial charge < -0.3 is 10.1 Å². The van der Waals surface area contributed by atoms with E-state index in [-0.39, 0.29) is 5.91 Å². The van der Waals surface area contributed by atoms with Crippen molar-refractivity contribution >= 4 is 5.91 Å². The van der Waals surface area contributed by atoms with Crippen LogP contribution in [-0.2, 0) is 0 Å². The molecule has 0 saturated heterocycles. The molecule has 1 aromatic heterocycles. The highest BCUT2D eigenvalue weighted by atomic mass is 19.2. The summed E-state index contributed by atoms with van der Waals surface area (Å²) in [6.45, 7) is 1.71. The fraction of sp³-hybridized carbons (Fsp3) is 0.200. The molecule has 0 aliphatic carbocycles. The Balaban J connectivity index is 2.21. The van der Waals surface area contributed by atoms with Crippen LogP contribution in [0.25, 0.3) is 0 Å². The van der Waals surface area contributed by atoms with Crippen LogP contribution in [0.3, 0.4) is 0 Å². The van der Waals surface area contributed by atoms with Gasteiger partial charge >= 0.3 is 0 Å². The molecular weight excluding hydrogens is 278 g/mol. The van der Waals surface area contributed by atoms with E-state index >= 15 is 0 Å². The fourth-order valence-electron chi connectivity index (χ4n) is 1.93. The SMILES string of the molecule is CC(c1ccc(F)c(F)c1)N(C)C(=O)c1cc[n+]([O-])cc1. The number of hydrogen-bond acceptors (Lipinski definition) is 2. The van der Waals surface area contributed by atoms with Crippen LogP contribution in [0.4, 0.5) is 8.78 Å². The van der Waals surface area contributed by atoms with Crippen molar-refractivity contribution in [3.8, 4) is 0 Å². The van der Waals surface area contributed by atoms with Crippen molar-refractivity contribution in [3.63, 3.8) is 0 Å². The maximum absolute atomic E-state index is 13.3. The molecule has 0 saturated carbocycles. The zero-order chi connectivity index (χ0) is 15.6. The topological polar surface area (TPSA) is 47.2 Å². The molecule has 1 unspecified atom stereocenters. The Hall–Kier alpha value is -2.50. The highest BCUT2D eigenvalue weighted by Gasteiger charge is 2.20. The average Bonchev–Trinajstić information content (AvgIpc) is 2.48. The number of carbonyl (C=O) groups excluding carboxylic acids is 1. The molecule has 6 heteroatoms. The maximum atomic E-state index is 13.3. The lowest BCUT2D eigenvalue weighted by Crippen LogP contribution is -2.31. The minimum atomic E-state index is -0.952. The van der Waals surface area contributed by atoms with Gasteiger partial charge in [0.25, 0.3) is 5.91 Å². The van der Waals surface area contributed by atoms with Gasteiger partial charge in [0.1, 0.15) is 0 Å².